The predicted octanol–water partition coefficient (Wildman–Crippen LogP) is 3.26. The van der Waals surface area contributed by atoms with Crippen LogP contribution in [0.1, 0.15) is 31.1 Å². The number of ether oxygens (including phenoxy) is 2. The molecule has 1 unspecified atom stereocenters. The molecule has 0 aliphatic heterocycles. The molecule has 0 saturated carbocycles. The van der Waals surface area contributed by atoms with Gasteiger partial charge >= 0.3 is 11.9 Å². The van der Waals surface area contributed by atoms with E-state index in [1.165, 1.54) is 13.8 Å². The quantitative estimate of drug-likeness (QED) is 0.638. The van der Waals surface area contributed by atoms with Gasteiger partial charge in [0.15, 0.2) is 6.10 Å². The molecule has 4 heteroatoms. The van der Waals surface area contributed by atoms with E-state index in [4.69, 9.17) is 9.47 Å². The van der Waals surface area contributed by atoms with Crippen LogP contribution in [-0.4, -0.2) is 11.9 Å². The van der Waals surface area contributed by atoms with Crippen molar-refractivity contribution < 1.29 is 19.1 Å². The maximum absolute atomic E-state index is 11.3. The van der Waals surface area contributed by atoms with Gasteiger partial charge in [-0.1, -0.05) is 42.5 Å². The number of benzene rings is 2. The normalized spacial score (nSPS) is 11.5. The van der Waals surface area contributed by atoms with Gasteiger partial charge in [-0.05, 0) is 23.3 Å². The highest BCUT2D eigenvalue weighted by molar-refractivity contribution is 5.69. The number of rotatable bonds is 4. The van der Waals surface area contributed by atoms with Crippen molar-refractivity contribution in [2.24, 2.45) is 0 Å². The Hall–Kier alpha value is -2.62. The lowest BCUT2D eigenvalue weighted by Gasteiger charge is -2.18. The van der Waals surface area contributed by atoms with E-state index >= 15 is 0 Å². The summed E-state index contributed by atoms with van der Waals surface area (Å²) >= 11 is 0. The molecular formula is C17H16O4. The fourth-order valence-electron chi connectivity index (χ4n) is 2.00. The van der Waals surface area contributed by atoms with Crippen LogP contribution in [0.2, 0.25) is 0 Å². The van der Waals surface area contributed by atoms with Crippen LogP contribution in [0.25, 0.3) is 0 Å². The van der Waals surface area contributed by atoms with Crippen LogP contribution in [0.5, 0.6) is 5.75 Å². The average molecular weight is 284 g/mol. The van der Waals surface area contributed by atoms with Gasteiger partial charge in [-0.2, -0.15) is 0 Å². The van der Waals surface area contributed by atoms with Gasteiger partial charge in [0, 0.05) is 13.8 Å². The maximum atomic E-state index is 11.3. The van der Waals surface area contributed by atoms with Crippen molar-refractivity contribution in [1.29, 1.82) is 0 Å². The van der Waals surface area contributed by atoms with E-state index in [0.717, 1.165) is 11.1 Å². The Bertz CT molecular complexity index is 617. The van der Waals surface area contributed by atoms with Crippen molar-refractivity contribution in [3.05, 3.63) is 65.7 Å². The van der Waals surface area contributed by atoms with Crippen molar-refractivity contribution in [2.75, 3.05) is 0 Å². The average Bonchev–Trinajstić information content (AvgIpc) is 2.46. The SMILES string of the molecule is CC(=O)Oc1ccc(C(OC(C)=O)c2ccccc2)cc1. The number of esters is 2. The summed E-state index contributed by atoms with van der Waals surface area (Å²) in [4.78, 5) is 22.2. The Morgan fingerprint density at radius 1 is 0.810 bits per heavy atom. The number of carbonyl (C=O) groups is 2. The van der Waals surface area contributed by atoms with E-state index in [1.807, 2.05) is 30.3 Å². The molecule has 0 aliphatic rings. The Morgan fingerprint density at radius 2 is 1.38 bits per heavy atom. The third-order valence-electron chi connectivity index (χ3n) is 2.83. The van der Waals surface area contributed by atoms with Crippen LogP contribution in [0.4, 0.5) is 0 Å². The minimum atomic E-state index is -0.477. The second-order valence-corrected chi connectivity index (χ2v) is 4.56. The van der Waals surface area contributed by atoms with Gasteiger partial charge in [0.1, 0.15) is 5.75 Å². The Labute approximate surface area is 123 Å². The first-order valence-corrected chi connectivity index (χ1v) is 6.57. The van der Waals surface area contributed by atoms with Crippen molar-refractivity contribution >= 4 is 11.9 Å². The summed E-state index contributed by atoms with van der Waals surface area (Å²) in [6.07, 6.45) is -0.477. The Morgan fingerprint density at radius 3 is 1.90 bits per heavy atom. The van der Waals surface area contributed by atoms with E-state index < -0.39 is 6.10 Å². The molecule has 0 N–H and O–H groups in total. The lowest BCUT2D eigenvalue weighted by Crippen LogP contribution is -2.10. The molecule has 2 rings (SSSR count). The fourth-order valence-corrected chi connectivity index (χ4v) is 2.00. The molecular weight excluding hydrogens is 268 g/mol. The predicted molar refractivity (Wildman–Crippen MR) is 77.8 cm³/mol. The van der Waals surface area contributed by atoms with Crippen molar-refractivity contribution in [1.82, 2.24) is 0 Å². The molecule has 21 heavy (non-hydrogen) atoms. The topological polar surface area (TPSA) is 52.6 Å². The Kier molecular flexibility index (Phi) is 4.72. The molecule has 0 saturated heterocycles. The summed E-state index contributed by atoms with van der Waals surface area (Å²) in [6.45, 7) is 2.72. The van der Waals surface area contributed by atoms with E-state index in [2.05, 4.69) is 0 Å². The zero-order valence-corrected chi connectivity index (χ0v) is 11.9. The molecule has 108 valence electrons. The summed E-state index contributed by atoms with van der Waals surface area (Å²) in [6, 6.07) is 16.4. The second-order valence-electron chi connectivity index (χ2n) is 4.56. The summed E-state index contributed by atoms with van der Waals surface area (Å²) in [5.74, 6) is -0.267. The first-order valence-electron chi connectivity index (χ1n) is 6.57. The molecule has 0 radical (unpaired) electrons. The molecule has 0 amide bonds. The monoisotopic (exact) mass is 284 g/mol. The van der Waals surface area contributed by atoms with E-state index in [9.17, 15) is 9.59 Å². The highest BCUT2D eigenvalue weighted by Gasteiger charge is 2.17. The fraction of sp³-hybridized carbons (Fsp3) is 0.176. The van der Waals surface area contributed by atoms with Crippen LogP contribution < -0.4 is 4.74 Å². The molecule has 2 aromatic carbocycles. The number of hydrogen-bond acceptors (Lipinski definition) is 4. The van der Waals surface area contributed by atoms with Gasteiger partial charge in [-0.15, -0.1) is 0 Å². The maximum Gasteiger partial charge on any atom is 0.308 e. The molecule has 2 aromatic rings. The van der Waals surface area contributed by atoms with Crippen LogP contribution in [0, 0.1) is 0 Å². The Balaban J connectivity index is 2.29. The summed E-state index contributed by atoms with van der Waals surface area (Å²) < 4.78 is 10.4. The van der Waals surface area contributed by atoms with Crippen molar-refractivity contribution in [3.63, 3.8) is 0 Å². The lowest BCUT2D eigenvalue weighted by molar-refractivity contribution is -0.144. The zero-order valence-electron chi connectivity index (χ0n) is 11.9. The first-order chi connectivity index (χ1) is 10.1. The molecule has 0 aromatic heterocycles. The third-order valence-corrected chi connectivity index (χ3v) is 2.83. The molecule has 0 bridgehead atoms. The minimum absolute atomic E-state index is 0.354. The van der Waals surface area contributed by atoms with Gasteiger partial charge in [0.05, 0.1) is 0 Å². The van der Waals surface area contributed by atoms with Gasteiger partial charge in [0.25, 0.3) is 0 Å². The largest absolute Gasteiger partial charge is 0.453 e. The van der Waals surface area contributed by atoms with Gasteiger partial charge in [-0.25, -0.2) is 0 Å². The van der Waals surface area contributed by atoms with Gasteiger partial charge in [-0.3, -0.25) is 9.59 Å². The highest BCUT2D eigenvalue weighted by Crippen LogP contribution is 2.27. The van der Waals surface area contributed by atoms with Crippen molar-refractivity contribution in [3.8, 4) is 5.75 Å². The summed E-state index contributed by atoms with van der Waals surface area (Å²) in [7, 11) is 0. The summed E-state index contributed by atoms with van der Waals surface area (Å²) in [5, 5.41) is 0. The van der Waals surface area contributed by atoms with Crippen LogP contribution in [0.3, 0.4) is 0 Å². The van der Waals surface area contributed by atoms with Crippen LogP contribution in [0.15, 0.2) is 54.6 Å². The molecule has 0 aliphatic carbocycles. The van der Waals surface area contributed by atoms with E-state index in [0.29, 0.717) is 5.75 Å². The zero-order chi connectivity index (χ0) is 15.2. The van der Waals surface area contributed by atoms with Crippen molar-refractivity contribution in [2.45, 2.75) is 20.0 Å². The summed E-state index contributed by atoms with van der Waals surface area (Å²) in [5.41, 5.74) is 1.69. The molecule has 0 fully saturated rings. The smallest absolute Gasteiger partial charge is 0.308 e. The highest BCUT2D eigenvalue weighted by atomic mass is 16.5. The second kappa shape index (κ2) is 6.70. The number of hydrogen-bond donors (Lipinski definition) is 0. The standard InChI is InChI=1S/C17H16O4/c1-12(18)20-16-10-8-15(9-11-16)17(21-13(2)19)14-6-4-3-5-7-14/h3-11,17H,1-2H3. The first kappa shape index (κ1) is 14.8. The lowest BCUT2D eigenvalue weighted by atomic mass is 10.0. The minimum Gasteiger partial charge on any atom is -0.453 e. The third kappa shape index (κ3) is 4.18. The van der Waals surface area contributed by atoms with Gasteiger partial charge < -0.3 is 9.47 Å². The van der Waals surface area contributed by atoms with Gasteiger partial charge in [0.2, 0.25) is 0 Å². The number of carbonyl (C=O) groups excluding carboxylic acids is 2. The van der Waals surface area contributed by atoms with E-state index in [-0.39, 0.29) is 11.9 Å². The molecule has 0 spiro atoms. The van der Waals surface area contributed by atoms with E-state index in [1.54, 1.807) is 24.3 Å². The van der Waals surface area contributed by atoms with Crippen LogP contribution >= 0.6 is 0 Å². The van der Waals surface area contributed by atoms with Crippen LogP contribution in [-0.2, 0) is 14.3 Å². The molecule has 4 nitrogen and oxygen atoms in total. The molecule has 1 atom stereocenters. The molecule has 0 heterocycles.